The molecule has 1 fully saturated rings. The lowest BCUT2D eigenvalue weighted by Crippen LogP contribution is -2.40. The molecule has 1 saturated carbocycles. The number of hydrogen-bond acceptors (Lipinski definition) is 9. The number of fused-ring (bicyclic) bond motifs is 1. The summed E-state index contributed by atoms with van der Waals surface area (Å²) in [4.78, 5) is 42.3. The van der Waals surface area contributed by atoms with Crippen LogP contribution in [0.5, 0.6) is 23.0 Å². The number of rotatable bonds is 16. The fraction of sp³-hybridized carbons (Fsp3) is 0.368. The Morgan fingerprint density at radius 3 is 2.44 bits per heavy atom. The van der Waals surface area contributed by atoms with Crippen LogP contribution in [-0.2, 0) is 20.7 Å². The third kappa shape index (κ3) is 9.70. The first-order valence-corrected chi connectivity index (χ1v) is 16.5. The van der Waals surface area contributed by atoms with Gasteiger partial charge in [0, 0.05) is 36.1 Å². The van der Waals surface area contributed by atoms with Gasteiger partial charge in [-0.3, -0.25) is 19.9 Å². The molecule has 3 aromatic carbocycles. The van der Waals surface area contributed by atoms with Gasteiger partial charge in [0.25, 0.3) is 0 Å². The number of methoxy groups -OCH3 is 1. The van der Waals surface area contributed by atoms with Crippen LogP contribution in [0.3, 0.4) is 0 Å². The van der Waals surface area contributed by atoms with Crippen LogP contribution in [0, 0.1) is 0 Å². The molecule has 1 aliphatic carbocycles. The predicted molar refractivity (Wildman–Crippen MR) is 181 cm³/mol. The Morgan fingerprint density at radius 1 is 0.938 bits per heavy atom. The molecule has 0 aliphatic heterocycles. The predicted octanol–water partition coefficient (Wildman–Crippen LogP) is 7.96. The molecule has 0 radical (unpaired) electrons. The Kier molecular flexibility index (Phi) is 12.2. The number of benzene rings is 3. The van der Waals surface area contributed by atoms with Crippen molar-refractivity contribution in [2.75, 3.05) is 13.7 Å². The zero-order valence-corrected chi connectivity index (χ0v) is 27.4. The summed E-state index contributed by atoms with van der Waals surface area (Å²) in [5.41, 5.74) is 2.12. The van der Waals surface area contributed by atoms with Gasteiger partial charge in [-0.05, 0) is 61.9 Å². The molecule has 1 heterocycles. The highest BCUT2D eigenvalue weighted by Gasteiger charge is 2.23. The summed E-state index contributed by atoms with van der Waals surface area (Å²) in [5.74, 6) is 1.56. The second kappa shape index (κ2) is 17.2. The molecule has 252 valence electrons. The van der Waals surface area contributed by atoms with Crippen molar-refractivity contribution in [1.29, 1.82) is 0 Å². The van der Waals surface area contributed by atoms with E-state index >= 15 is 0 Å². The second-order valence-corrected chi connectivity index (χ2v) is 11.7. The van der Waals surface area contributed by atoms with Crippen molar-refractivity contribution >= 4 is 28.7 Å². The average Bonchev–Trinajstić information content (AvgIpc) is 3.61. The number of alkyl carbamates (subject to hydrolysis) is 1. The molecule has 0 saturated heterocycles. The van der Waals surface area contributed by atoms with Crippen molar-refractivity contribution in [3.8, 4) is 23.0 Å². The lowest BCUT2D eigenvalue weighted by molar-refractivity contribution is -0.149. The van der Waals surface area contributed by atoms with Gasteiger partial charge in [0.1, 0.15) is 17.6 Å². The number of aromatic nitrogens is 1. The van der Waals surface area contributed by atoms with Crippen LogP contribution in [0.1, 0.15) is 74.2 Å². The SMILES string of the molecule is CCCCOC(=O)NC(CCC(=O)OC1CCCC1)Oc1cc2nccc(Oc3ccc(CC(=O)c4ccccc4)cc3)c2cc1OC. The van der Waals surface area contributed by atoms with Crippen LogP contribution in [0.25, 0.3) is 10.9 Å². The Bertz CT molecular complexity index is 1670. The van der Waals surface area contributed by atoms with Crippen LogP contribution >= 0.6 is 0 Å². The number of esters is 1. The van der Waals surface area contributed by atoms with Crippen molar-refractivity contribution in [2.24, 2.45) is 0 Å². The molecule has 48 heavy (non-hydrogen) atoms. The van der Waals surface area contributed by atoms with Gasteiger partial charge in [-0.25, -0.2) is 4.79 Å². The van der Waals surface area contributed by atoms with E-state index in [1.807, 2.05) is 61.5 Å². The maximum atomic E-state index is 12.6. The number of nitrogens with zero attached hydrogens (tertiary/aromatic N) is 1. The number of ketones is 1. The molecule has 1 atom stereocenters. The van der Waals surface area contributed by atoms with E-state index in [1.54, 1.807) is 24.4 Å². The Morgan fingerprint density at radius 2 is 1.71 bits per heavy atom. The molecule has 4 aromatic rings. The number of hydrogen-bond donors (Lipinski definition) is 1. The van der Waals surface area contributed by atoms with Crippen molar-refractivity contribution < 1.29 is 38.1 Å². The van der Waals surface area contributed by atoms with E-state index in [-0.39, 0.29) is 43.7 Å². The zero-order chi connectivity index (χ0) is 33.7. The van der Waals surface area contributed by atoms with Crippen molar-refractivity contribution in [1.82, 2.24) is 10.3 Å². The summed E-state index contributed by atoms with van der Waals surface area (Å²) in [5, 5.41) is 3.40. The van der Waals surface area contributed by atoms with Gasteiger partial charge in [0.2, 0.25) is 0 Å². The van der Waals surface area contributed by atoms with E-state index < -0.39 is 12.3 Å². The first-order valence-electron chi connectivity index (χ1n) is 16.5. The van der Waals surface area contributed by atoms with Gasteiger partial charge in [0.15, 0.2) is 23.5 Å². The average molecular weight is 655 g/mol. The second-order valence-electron chi connectivity index (χ2n) is 11.7. The number of Topliss-reactive ketones (excluding diaryl/α,β-unsaturated/α-hetero) is 1. The minimum absolute atomic E-state index is 0.0457. The highest BCUT2D eigenvalue weighted by molar-refractivity contribution is 5.97. The molecule has 10 nitrogen and oxygen atoms in total. The highest BCUT2D eigenvalue weighted by atomic mass is 16.6. The number of carbonyl (C=O) groups is 3. The molecule has 1 N–H and O–H groups in total. The molecule has 5 rings (SSSR count). The van der Waals surface area contributed by atoms with E-state index in [2.05, 4.69) is 10.3 Å². The van der Waals surface area contributed by atoms with Crippen LogP contribution in [0.4, 0.5) is 4.79 Å². The van der Waals surface area contributed by atoms with E-state index in [9.17, 15) is 14.4 Å². The minimum Gasteiger partial charge on any atom is -0.493 e. The van der Waals surface area contributed by atoms with E-state index in [4.69, 9.17) is 23.7 Å². The molecule has 0 bridgehead atoms. The highest BCUT2D eigenvalue weighted by Crippen LogP contribution is 2.38. The minimum atomic E-state index is -0.895. The van der Waals surface area contributed by atoms with E-state index in [0.717, 1.165) is 44.1 Å². The monoisotopic (exact) mass is 654 g/mol. The summed E-state index contributed by atoms with van der Waals surface area (Å²) in [6.45, 7) is 2.28. The molecule has 1 amide bonds. The van der Waals surface area contributed by atoms with Gasteiger partial charge in [0.05, 0.1) is 25.7 Å². The first-order chi connectivity index (χ1) is 23.4. The van der Waals surface area contributed by atoms with Crippen LogP contribution < -0.4 is 19.5 Å². The van der Waals surface area contributed by atoms with Crippen molar-refractivity contribution in [3.63, 3.8) is 0 Å². The standard InChI is InChI=1S/C38H42N2O8/c1-3-4-22-45-38(43)40-36(18-19-37(42)47-28-12-8-9-13-28)48-35-25-31-30(24-34(35)44-2)33(20-21-39-31)46-29-16-14-26(15-17-29)23-32(41)27-10-6-5-7-11-27/h5-7,10-11,14-17,20-21,24-25,28,36H,3-4,8-9,12-13,18-19,22-23H2,1-2H3,(H,40,43). The molecule has 1 aliphatic rings. The number of pyridine rings is 1. The maximum absolute atomic E-state index is 12.6. The topological polar surface area (TPSA) is 122 Å². The molecule has 10 heteroatoms. The fourth-order valence-corrected chi connectivity index (χ4v) is 5.48. The lowest BCUT2D eigenvalue weighted by Gasteiger charge is -2.22. The number of carbonyl (C=O) groups excluding carboxylic acids is 3. The smallest absolute Gasteiger partial charge is 0.409 e. The summed E-state index contributed by atoms with van der Waals surface area (Å²) in [7, 11) is 1.51. The normalized spacial score (nSPS) is 13.5. The molecule has 1 aromatic heterocycles. The van der Waals surface area contributed by atoms with Crippen molar-refractivity contribution in [2.45, 2.75) is 77.0 Å². The van der Waals surface area contributed by atoms with Gasteiger partial charge < -0.3 is 23.7 Å². The van der Waals surface area contributed by atoms with E-state index in [0.29, 0.717) is 39.5 Å². The van der Waals surface area contributed by atoms with Crippen molar-refractivity contribution in [3.05, 3.63) is 90.1 Å². The zero-order valence-electron chi connectivity index (χ0n) is 27.4. The summed E-state index contributed by atoms with van der Waals surface area (Å²) in [6.07, 6.45) is 6.04. The van der Waals surface area contributed by atoms with Gasteiger partial charge in [-0.1, -0.05) is 55.8 Å². The number of ether oxygens (including phenoxy) is 5. The van der Waals surface area contributed by atoms with Gasteiger partial charge >= 0.3 is 12.1 Å². The van der Waals surface area contributed by atoms with E-state index in [1.165, 1.54) is 7.11 Å². The first kappa shape index (κ1) is 34.2. The van der Waals surface area contributed by atoms with Gasteiger partial charge in [-0.2, -0.15) is 0 Å². The Balaban J connectivity index is 1.29. The third-order valence-corrected chi connectivity index (χ3v) is 8.09. The fourth-order valence-electron chi connectivity index (χ4n) is 5.48. The molecule has 1 unspecified atom stereocenters. The Hall–Kier alpha value is -5.12. The van der Waals surface area contributed by atoms with Gasteiger partial charge in [-0.15, -0.1) is 0 Å². The van der Waals surface area contributed by atoms with Crippen LogP contribution in [0.15, 0.2) is 79.0 Å². The number of unbranched alkanes of at least 4 members (excludes halogenated alkanes) is 1. The summed E-state index contributed by atoms with van der Waals surface area (Å²) in [6, 6.07) is 21.8. The maximum Gasteiger partial charge on any atom is 0.409 e. The molecular formula is C38H42N2O8. The van der Waals surface area contributed by atoms with Crippen LogP contribution in [0.2, 0.25) is 0 Å². The summed E-state index contributed by atoms with van der Waals surface area (Å²) < 4.78 is 29.0. The number of amides is 1. The summed E-state index contributed by atoms with van der Waals surface area (Å²) >= 11 is 0. The molecular weight excluding hydrogens is 612 g/mol. The largest absolute Gasteiger partial charge is 0.493 e. The van der Waals surface area contributed by atoms with Crippen LogP contribution in [-0.4, -0.2) is 48.9 Å². The number of nitrogens with one attached hydrogen (secondary N) is 1. The quantitative estimate of drug-likeness (QED) is 0.0555. The lowest BCUT2D eigenvalue weighted by atomic mass is 10.0. The molecule has 0 spiro atoms. The third-order valence-electron chi connectivity index (χ3n) is 8.09. The Labute approximate surface area is 280 Å².